The third kappa shape index (κ3) is 3.40. The Balaban J connectivity index is 1.72. The highest BCUT2D eigenvalue weighted by Crippen LogP contribution is 2.24. The number of aryl methyl sites for hydroxylation is 2. The van der Waals surface area contributed by atoms with E-state index >= 15 is 0 Å². The van der Waals surface area contributed by atoms with Gasteiger partial charge in [0.25, 0.3) is 5.91 Å². The number of carbonyl (C=O) groups is 1. The lowest BCUT2D eigenvalue weighted by Gasteiger charge is -2.13. The Bertz CT molecular complexity index is 894. The summed E-state index contributed by atoms with van der Waals surface area (Å²) in [6.07, 6.45) is 0. The zero-order chi connectivity index (χ0) is 17.1. The van der Waals surface area contributed by atoms with Gasteiger partial charge < -0.3 is 10.1 Å². The van der Waals surface area contributed by atoms with Crippen molar-refractivity contribution in [1.82, 2.24) is 0 Å². The Kier molecular flexibility index (Phi) is 4.52. The molecule has 0 fully saturated rings. The minimum Gasteiger partial charge on any atom is -0.483 e. The Labute approximate surface area is 142 Å². The summed E-state index contributed by atoms with van der Waals surface area (Å²) in [5.41, 5.74) is 4.17. The number of rotatable bonds is 4. The van der Waals surface area contributed by atoms with Gasteiger partial charge in [0.05, 0.1) is 0 Å². The molecule has 3 aromatic carbocycles. The maximum absolute atomic E-state index is 12.3. The zero-order valence-electron chi connectivity index (χ0n) is 14.2. The molecule has 0 radical (unpaired) electrons. The van der Waals surface area contributed by atoms with Crippen molar-refractivity contribution in [2.24, 2.45) is 0 Å². The van der Waals surface area contributed by atoms with E-state index in [1.807, 2.05) is 69.3 Å². The van der Waals surface area contributed by atoms with E-state index in [1.54, 1.807) is 0 Å². The molecule has 3 rings (SSSR count). The summed E-state index contributed by atoms with van der Waals surface area (Å²) in [7, 11) is 0. The summed E-state index contributed by atoms with van der Waals surface area (Å²) in [6, 6.07) is 17.9. The SMILES string of the molecule is Cc1cc(C)c(C)c(OCC(=O)Nc2cccc3ccccc23)c1. The predicted octanol–water partition coefficient (Wildman–Crippen LogP) is 4.78. The van der Waals surface area contributed by atoms with Gasteiger partial charge in [-0.25, -0.2) is 0 Å². The quantitative estimate of drug-likeness (QED) is 0.751. The first-order chi connectivity index (χ1) is 11.5. The molecule has 3 nitrogen and oxygen atoms in total. The van der Waals surface area contributed by atoms with E-state index in [0.29, 0.717) is 0 Å². The average molecular weight is 319 g/mol. The number of hydrogen-bond acceptors (Lipinski definition) is 2. The van der Waals surface area contributed by atoms with Crippen LogP contribution in [0.25, 0.3) is 10.8 Å². The van der Waals surface area contributed by atoms with Crippen LogP contribution in [0, 0.1) is 20.8 Å². The average Bonchev–Trinajstić information content (AvgIpc) is 2.57. The van der Waals surface area contributed by atoms with Crippen molar-refractivity contribution in [2.75, 3.05) is 11.9 Å². The van der Waals surface area contributed by atoms with Crippen molar-refractivity contribution in [1.29, 1.82) is 0 Å². The van der Waals surface area contributed by atoms with Gasteiger partial charge in [-0.15, -0.1) is 0 Å². The Morgan fingerprint density at radius 1 is 1.00 bits per heavy atom. The fourth-order valence-electron chi connectivity index (χ4n) is 2.81. The normalized spacial score (nSPS) is 10.6. The van der Waals surface area contributed by atoms with Crippen molar-refractivity contribution < 1.29 is 9.53 Å². The van der Waals surface area contributed by atoms with Gasteiger partial charge in [0.2, 0.25) is 0 Å². The molecule has 1 N–H and O–H groups in total. The first-order valence-corrected chi connectivity index (χ1v) is 8.03. The number of anilines is 1. The number of amides is 1. The molecule has 0 aliphatic rings. The number of carbonyl (C=O) groups excluding carboxylic acids is 1. The van der Waals surface area contributed by atoms with E-state index in [2.05, 4.69) is 11.4 Å². The molecule has 0 spiro atoms. The highest BCUT2D eigenvalue weighted by molar-refractivity contribution is 6.02. The molecule has 0 bridgehead atoms. The van der Waals surface area contributed by atoms with E-state index in [4.69, 9.17) is 4.74 Å². The van der Waals surface area contributed by atoms with Crippen molar-refractivity contribution in [2.45, 2.75) is 20.8 Å². The second-order valence-corrected chi connectivity index (χ2v) is 6.07. The lowest BCUT2D eigenvalue weighted by Crippen LogP contribution is -2.20. The highest BCUT2D eigenvalue weighted by atomic mass is 16.5. The molecule has 24 heavy (non-hydrogen) atoms. The molecule has 1 amide bonds. The van der Waals surface area contributed by atoms with E-state index in [-0.39, 0.29) is 12.5 Å². The standard InChI is InChI=1S/C21H21NO2/c1-14-11-15(2)16(3)20(12-14)24-13-21(23)22-19-10-6-8-17-7-4-5-9-18(17)19/h4-12H,13H2,1-3H3,(H,22,23). The fourth-order valence-corrected chi connectivity index (χ4v) is 2.81. The largest absolute Gasteiger partial charge is 0.483 e. The maximum atomic E-state index is 12.3. The Morgan fingerprint density at radius 2 is 1.75 bits per heavy atom. The molecule has 0 aliphatic heterocycles. The summed E-state index contributed by atoms with van der Waals surface area (Å²) in [5, 5.41) is 5.06. The van der Waals surface area contributed by atoms with Crippen molar-refractivity contribution in [3.05, 3.63) is 71.3 Å². The summed E-state index contributed by atoms with van der Waals surface area (Å²) in [6.45, 7) is 6.07. The molecule has 0 heterocycles. The highest BCUT2D eigenvalue weighted by Gasteiger charge is 2.09. The van der Waals surface area contributed by atoms with Crippen LogP contribution in [-0.2, 0) is 4.79 Å². The van der Waals surface area contributed by atoms with E-state index in [9.17, 15) is 4.79 Å². The molecular formula is C21H21NO2. The molecule has 122 valence electrons. The van der Waals surface area contributed by atoms with Crippen LogP contribution in [0.2, 0.25) is 0 Å². The molecule has 0 aromatic heterocycles. The molecule has 0 aliphatic carbocycles. The molecule has 0 saturated heterocycles. The van der Waals surface area contributed by atoms with Gasteiger partial charge in [-0.1, -0.05) is 42.5 Å². The maximum Gasteiger partial charge on any atom is 0.262 e. The minimum atomic E-state index is -0.162. The molecule has 3 heteroatoms. The van der Waals surface area contributed by atoms with E-state index in [0.717, 1.165) is 33.3 Å². The van der Waals surface area contributed by atoms with Crippen LogP contribution in [0.5, 0.6) is 5.75 Å². The number of ether oxygens (including phenoxy) is 1. The number of benzene rings is 3. The topological polar surface area (TPSA) is 38.3 Å². The monoisotopic (exact) mass is 319 g/mol. The predicted molar refractivity (Wildman–Crippen MR) is 98.7 cm³/mol. The summed E-state index contributed by atoms with van der Waals surface area (Å²) < 4.78 is 5.73. The molecule has 0 atom stereocenters. The van der Waals surface area contributed by atoms with Gasteiger partial charge in [-0.2, -0.15) is 0 Å². The number of nitrogens with one attached hydrogen (secondary N) is 1. The van der Waals surface area contributed by atoms with Gasteiger partial charge in [0.15, 0.2) is 6.61 Å². The van der Waals surface area contributed by atoms with Crippen LogP contribution in [0.4, 0.5) is 5.69 Å². The molecule has 0 saturated carbocycles. The van der Waals surface area contributed by atoms with Crippen LogP contribution < -0.4 is 10.1 Å². The number of hydrogen-bond donors (Lipinski definition) is 1. The van der Waals surface area contributed by atoms with Crippen molar-refractivity contribution in [3.8, 4) is 5.75 Å². The molecular weight excluding hydrogens is 298 g/mol. The van der Waals surface area contributed by atoms with Crippen LogP contribution in [0.3, 0.4) is 0 Å². The van der Waals surface area contributed by atoms with E-state index in [1.165, 1.54) is 5.56 Å². The van der Waals surface area contributed by atoms with Gasteiger partial charge >= 0.3 is 0 Å². The van der Waals surface area contributed by atoms with Crippen LogP contribution in [-0.4, -0.2) is 12.5 Å². The Morgan fingerprint density at radius 3 is 2.58 bits per heavy atom. The fraction of sp³-hybridized carbons (Fsp3) is 0.190. The second kappa shape index (κ2) is 6.75. The van der Waals surface area contributed by atoms with Crippen LogP contribution in [0.15, 0.2) is 54.6 Å². The summed E-state index contributed by atoms with van der Waals surface area (Å²) in [5.74, 6) is 0.602. The summed E-state index contributed by atoms with van der Waals surface area (Å²) >= 11 is 0. The van der Waals surface area contributed by atoms with Gasteiger partial charge in [0, 0.05) is 11.1 Å². The molecule has 0 unspecified atom stereocenters. The van der Waals surface area contributed by atoms with E-state index < -0.39 is 0 Å². The lowest BCUT2D eigenvalue weighted by molar-refractivity contribution is -0.118. The van der Waals surface area contributed by atoms with Gasteiger partial charge in [-0.05, 0) is 55.0 Å². The van der Waals surface area contributed by atoms with Crippen molar-refractivity contribution >= 4 is 22.4 Å². The van der Waals surface area contributed by atoms with Gasteiger partial charge in [-0.3, -0.25) is 4.79 Å². The third-order valence-corrected chi connectivity index (χ3v) is 4.19. The van der Waals surface area contributed by atoms with Crippen LogP contribution in [0.1, 0.15) is 16.7 Å². The summed E-state index contributed by atoms with van der Waals surface area (Å²) in [4.78, 5) is 12.3. The molecule has 3 aromatic rings. The van der Waals surface area contributed by atoms with Gasteiger partial charge in [0.1, 0.15) is 5.75 Å². The third-order valence-electron chi connectivity index (χ3n) is 4.19. The van der Waals surface area contributed by atoms with Crippen LogP contribution >= 0.6 is 0 Å². The lowest BCUT2D eigenvalue weighted by atomic mass is 10.1. The second-order valence-electron chi connectivity index (χ2n) is 6.07. The zero-order valence-corrected chi connectivity index (χ0v) is 14.2. The van der Waals surface area contributed by atoms with Crippen molar-refractivity contribution in [3.63, 3.8) is 0 Å². The first-order valence-electron chi connectivity index (χ1n) is 8.03. The smallest absolute Gasteiger partial charge is 0.262 e. The number of fused-ring (bicyclic) bond motifs is 1. The first kappa shape index (κ1) is 16.1. The minimum absolute atomic E-state index is 0.00699. The Hall–Kier alpha value is -2.81.